The molecule has 23 heavy (non-hydrogen) atoms. The van der Waals surface area contributed by atoms with E-state index in [4.69, 9.17) is 0 Å². The molecule has 0 N–H and O–H groups in total. The van der Waals surface area contributed by atoms with E-state index in [9.17, 15) is 5.26 Å². The van der Waals surface area contributed by atoms with Crippen LogP contribution < -0.4 is 0 Å². The highest BCUT2D eigenvalue weighted by Crippen LogP contribution is 2.25. The van der Waals surface area contributed by atoms with Gasteiger partial charge in [-0.05, 0) is 31.0 Å². The van der Waals surface area contributed by atoms with Crippen LogP contribution in [-0.4, -0.2) is 9.78 Å². The van der Waals surface area contributed by atoms with Gasteiger partial charge in [-0.1, -0.05) is 55.3 Å². The van der Waals surface area contributed by atoms with Crippen LogP contribution in [0.2, 0.25) is 0 Å². The second-order valence-electron chi connectivity index (χ2n) is 5.72. The summed E-state index contributed by atoms with van der Waals surface area (Å²) in [7, 11) is 0. The summed E-state index contributed by atoms with van der Waals surface area (Å²) in [6, 6.07) is 20.6. The summed E-state index contributed by atoms with van der Waals surface area (Å²) in [6.45, 7) is 4.24. The molecule has 2 aromatic carbocycles. The number of rotatable bonds is 4. The van der Waals surface area contributed by atoms with Crippen LogP contribution in [0.5, 0.6) is 0 Å². The Bertz CT molecular complexity index is 834. The molecule has 0 amide bonds. The summed E-state index contributed by atoms with van der Waals surface area (Å²) >= 11 is 0. The molecule has 0 bridgehead atoms. The van der Waals surface area contributed by atoms with Gasteiger partial charge < -0.3 is 0 Å². The zero-order valence-electron chi connectivity index (χ0n) is 13.5. The maximum absolute atomic E-state index is 9.20. The monoisotopic (exact) mass is 301 g/mol. The molecule has 0 saturated carbocycles. The molecule has 114 valence electrons. The van der Waals surface area contributed by atoms with Crippen LogP contribution in [0.15, 0.2) is 54.6 Å². The molecule has 1 heterocycles. The van der Waals surface area contributed by atoms with Crippen molar-refractivity contribution in [2.75, 3.05) is 0 Å². The van der Waals surface area contributed by atoms with Gasteiger partial charge in [0.25, 0.3) is 0 Å². The van der Waals surface area contributed by atoms with Crippen molar-refractivity contribution in [1.82, 2.24) is 9.78 Å². The molecule has 3 heteroatoms. The molecule has 0 unspecified atom stereocenters. The molecule has 0 aliphatic rings. The maximum Gasteiger partial charge on any atom is 0.163 e. The summed E-state index contributed by atoms with van der Waals surface area (Å²) in [5, 5.41) is 13.6. The predicted molar refractivity (Wildman–Crippen MR) is 92.4 cm³/mol. The highest BCUT2D eigenvalue weighted by Gasteiger charge is 2.11. The second kappa shape index (κ2) is 6.50. The minimum atomic E-state index is 0.429. The average molecular weight is 301 g/mol. The van der Waals surface area contributed by atoms with Gasteiger partial charge in [-0.15, -0.1) is 0 Å². The molecule has 3 rings (SSSR count). The Kier molecular flexibility index (Phi) is 4.25. The van der Waals surface area contributed by atoms with Gasteiger partial charge >= 0.3 is 0 Å². The lowest BCUT2D eigenvalue weighted by atomic mass is 10.1. The van der Waals surface area contributed by atoms with E-state index in [-0.39, 0.29) is 0 Å². The van der Waals surface area contributed by atoms with Gasteiger partial charge in [0.15, 0.2) is 5.69 Å². The Labute approximate surface area is 136 Å². The summed E-state index contributed by atoms with van der Waals surface area (Å²) in [5.41, 5.74) is 5.93. The summed E-state index contributed by atoms with van der Waals surface area (Å²) < 4.78 is 1.84. The van der Waals surface area contributed by atoms with E-state index < -0.39 is 0 Å². The minimum absolute atomic E-state index is 0.429. The fourth-order valence-electron chi connectivity index (χ4n) is 2.66. The van der Waals surface area contributed by atoms with Crippen molar-refractivity contribution < 1.29 is 0 Å². The third-order valence-electron chi connectivity index (χ3n) is 3.89. The number of aromatic nitrogens is 2. The van der Waals surface area contributed by atoms with E-state index in [0.717, 1.165) is 29.8 Å². The van der Waals surface area contributed by atoms with Crippen molar-refractivity contribution in [3.63, 3.8) is 0 Å². The molecule has 0 aliphatic carbocycles. The largest absolute Gasteiger partial charge is 0.232 e. The zero-order chi connectivity index (χ0) is 16.2. The molecule has 3 nitrogen and oxygen atoms in total. The first-order valence-electron chi connectivity index (χ1n) is 7.88. The maximum atomic E-state index is 9.20. The van der Waals surface area contributed by atoms with Gasteiger partial charge in [0.05, 0.1) is 11.4 Å². The van der Waals surface area contributed by atoms with E-state index in [2.05, 4.69) is 61.4 Å². The normalized spacial score (nSPS) is 10.5. The van der Waals surface area contributed by atoms with Crippen molar-refractivity contribution >= 4 is 0 Å². The number of hydrogen-bond donors (Lipinski definition) is 0. The van der Waals surface area contributed by atoms with Gasteiger partial charge in [0.2, 0.25) is 0 Å². The summed E-state index contributed by atoms with van der Waals surface area (Å²) in [4.78, 5) is 0. The molecule has 0 atom stereocenters. The molecule has 0 saturated heterocycles. The zero-order valence-corrected chi connectivity index (χ0v) is 13.5. The Morgan fingerprint density at radius 2 is 1.74 bits per heavy atom. The SMILES string of the molecule is CCCc1ccc(-c2cc(C#N)nn2-c2ccc(C)cc2)cc1. The van der Waals surface area contributed by atoms with Crippen molar-refractivity contribution in [3.05, 3.63) is 71.4 Å². The van der Waals surface area contributed by atoms with Gasteiger partial charge in [-0.3, -0.25) is 0 Å². The third kappa shape index (κ3) is 3.17. The van der Waals surface area contributed by atoms with Crippen molar-refractivity contribution in [2.24, 2.45) is 0 Å². The predicted octanol–water partition coefficient (Wildman–Crippen LogP) is 4.67. The van der Waals surface area contributed by atoms with E-state index >= 15 is 0 Å². The second-order valence-corrected chi connectivity index (χ2v) is 5.72. The van der Waals surface area contributed by atoms with E-state index in [1.165, 1.54) is 11.1 Å². The van der Waals surface area contributed by atoms with E-state index in [1.807, 2.05) is 22.9 Å². The summed E-state index contributed by atoms with van der Waals surface area (Å²) in [6.07, 6.45) is 2.22. The molecule has 3 aromatic rings. The lowest BCUT2D eigenvalue weighted by Gasteiger charge is -2.08. The minimum Gasteiger partial charge on any atom is -0.232 e. The quantitative estimate of drug-likeness (QED) is 0.702. The van der Waals surface area contributed by atoms with Gasteiger partial charge in [0.1, 0.15) is 6.07 Å². The molecule has 1 aromatic heterocycles. The van der Waals surface area contributed by atoms with Gasteiger partial charge in [0, 0.05) is 11.6 Å². The topological polar surface area (TPSA) is 41.6 Å². The molecular formula is C20H19N3. The smallest absolute Gasteiger partial charge is 0.163 e. The number of hydrogen-bond acceptors (Lipinski definition) is 2. The summed E-state index contributed by atoms with van der Waals surface area (Å²) in [5.74, 6) is 0. The fraction of sp³-hybridized carbons (Fsp3) is 0.200. The van der Waals surface area contributed by atoms with Crippen LogP contribution >= 0.6 is 0 Å². The fourth-order valence-corrected chi connectivity index (χ4v) is 2.66. The lowest BCUT2D eigenvalue weighted by molar-refractivity contribution is 0.879. The van der Waals surface area contributed by atoms with Gasteiger partial charge in [-0.25, -0.2) is 4.68 Å². The Morgan fingerprint density at radius 1 is 1.04 bits per heavy atom. The van der Waals surface area contributed by atoms with Crippen LogP contribution in [0.4, 0.5) is 0 Å². The van der Waals surface area contributed by atoms with Crippen LogP contribution in [-0.2, 0) is 6.42 Å². The Balaban J connectivity index is 2.06. The standard InChI is InChI=1S/C20H19N3/c1-3-4-16-7-9-17(10-8-16)20-13-18(14-21)22-23(20)19-11-5-15(2)6-12-19/h5-13H,3-4H2,1-2H3. The van der Waals surface area contributed by atoms with E-state index in [1.54, 1.807) is 0 Å². The molecular weight excluding hydrogens is 282 g/mol. The van der Waals surface area contributed by atoms with Crippen molar-refractivity contribution in [1.29, 1.82) is 5.26 Å². The Morgan fingerprint density at radius 3 is 2.35 bits per heavy atom. The molecule has 0 fully saturated rings. The number of nitriles is 1. The Hall–Kier alpha value is -2.86. The van der Waals surface area contributed by atoms with E-state index in [0.29, 0.717) is 5.69 Å². The van der Waals surface area contributed by atoms with Crippen LogP contribution in [0.25, 0.3) is 16.9 Å². The van der Waals surface area contributed by atoms with Crippen LogP contribution in [0, 0.1) is 18.3 Å². The lowest BCUT2D eigenvalue weighted by Crippen LogP contribution is -1.99. The first-order valence-corrected chi connectivity index (χ1v) is 7.88. The molecule has 0 aliphatic heterocycles. The number of aryl methyl sites for hydroxylation is 2. The van der Waals surface area contributed by atoms with Crippen molar-refractivity contribution in [3.8, 4) is 23.0 Å². The number of nitrogens with zero attached hydrogens (tertiary/aromatic N) is 3. The third-order valence-corrected chi connectivity index (χ3v) is 3.89. The highest BCUT2D eigenvalue weighted by atomic mass is 15.3. The number of benzene rings is 2. The first-order chi connectivity index (χ1) is 11.2. The molecule has 0 spiro atoms. The molecule has 0 radical (unpaired) electrons. The average Bonchev–Trinajstić information content (AvgIpc) is 3.01. The van der Waals surface area contributed by atoms with Gasteiger partial charge in [-0.2, -0.15) is 10.4 Å². The van der Waals surface area contributed by atoms with Crippen LogP contribution in [0.3, 0.4) is 0 Å². The van der Waals surface area contributed by atoms with Crippen molar-refractivity contribution in [2.45, 2.75) is 26.7 Å². The highest BCUT2D eigenvalue weighted by molar-refractivity contribution is 5.64. The first kappa shape index (κ1) is 15.1. The van der Waals surface area contributed by atoms with Crippen LogP contribution in [0.1, 0.15) is 30.2 Å².